The number of hydrogen-bond acceptors (Lipinski definition) is 5. The van der Waals surface area contributed by atoms with E-state index >= 15 is 0 Å². The molecule has 0 bridgehead atoms. The van der Waals surface area contributed by atoms with Crippen LogP contribution in [0.1, 0.15) is 35.1 Å². The minimum Gasteiger partial charge on any atom is -0.497 e. The molecule has 1 saturated heterocycles. The third-order valence-corrected chi connectivity index (χ3v) is 6.13. The Labute approximate surface area is 172 Å². The number of aromatic nitrogens is 5. The number of fused-ring (bicyclic) bond motifs is 2. The van der Waals surface area contributed by atoms with E-state index in [0.717, 1.165) is 35.4 Å². The van der Waals surface area contributed by atoms with E-state index < -0.39 is 0 Å². The van der Waals surface area contributed by atoms with Crippen molar-refractivity contribution in [3.05, 3.63) is 66.2 Å². The normalized spacial score (nSPS) is 22.3. The fourth-order valence-electron chi connectivity index (χ4n) is 4.59. The van der Waals surface area contributed by atoms with Crippen LogP contribution in [0.5, 0.6) is 5.75 Å². The first kappa shape index (κ1) is 17.2. The second kappa shape index (κ2) is 6.41. The second-order valence-corrected chi connectivity index (χ2v) is 7.87. The third kappa shape index (κ3) is 2.60. The van der Waals surface area contributed by atoms with Gasteiger partial charge >= 0.3 is 0 Å². The lowest BCUT2D eigenvalue weighted by Crippen LogP contribution is -2.34. The molecule has 30 heavy (non-hydrogen) atoms. The summed E-state index contributed by atoms with van der Waals surface area (Å²) in [5, 5.41) is 8.42. The molecule has 0 spiro atoms. The van der Waals surface area contributed by atoms with Gasteiger partial charge in [-0.3, -0.25) is 4.79 Å². The van der Waals surface area contributed by atoms with E-state index in [1.165, 1.54) is 4.80 Å². The Morgan fingerprint density at radius 3 is 2.80 bits per heavy atom. The molecule has 0 unspecified atom stereocenters. The number of imidazole rings is 1. The minimum atomic E-state index is -0.0710. The Morgan fingerprint density at radius 1 is 1.13 bits per heavy atom. The maximum atomic E-state index is 13.7. The van der Waals surface area contributed by atoms with Gasteiger partial charge in [-0.2, -0.15) is 15.0 Å². The van der Waals surface area contributed by atoms with Crippen molar-refractivity contribution in [1.82, 2.24) is 29.9 Å². The van der Waals surface area contributed by atoms with Gasteiger partial charge < -0.3 is 14.6 Å². The molecule has 4 aromatic rings. The van der Waals surface area contributed by atoms with Crippen LogP contribution in [0, 0.1) is 5.92 Å². The van der Waals surface area contributed by atoms with Gasteiger partial charge in [-0.1, -0.05) is 12.1 Å². The van der Waals surface area contributed by atoms with Crippen molar-refractivity contribution < 1.29 is 9.53 Å². The fraction of sp³-hybridized carbons (Fsp3) is 0.273. The van der Waals surface area contributed by atoms with E-state index in [1.807, 2.05) is 47.4 Å². The van der Waals surface area contributed by atoms with Gasteiger partial charge in [-0.15, -0.1) is 0 Å². The highest BCUT2D eigenvalue weighted by molar-refractivity contribution is 5.98. The average Bonchev–Trinajstić information content (AvgIpc) is 3.19. The Bertz CT molecular complexity index is 1250. The van der Waals surface area contributed by atoms with Crippen molar-refractivity contribution in [1.29, 1.82) is 0 Å². The molecule has 0 radical (unpaired) electrons. The van der Waals surface area contributed by atoms with E-state index in [4.69, 9.17) is 9.72 Å². The summed E-state index contributed by atoms with van der Waals surface area (Å²) in [6.07, 6.45) is 5.20. The number of carbonyl (C=O) groups excluding carboxylic acids is 1. The van der Waals surface area contributed by atoms with Crippen LogP contribution in [-0.4, -0.2) is 48.9 Å². The van der Waals surface area contributed by atoms with Crippen molar-refractivity contribution in [3.8, 4) is 11.4 Å². The van der Waals surface area contributed by atoms with Crippen LogP contribution in [0.25, 0.3) is 16.7 Å². The molecular formula is C22H20N6O2. The summed E-state index contributed by atoms with van der Waals surface area (Å²) in [5.74, 6) is 2.14. The predicted molar refractivity (Wildman–Crippen MR) is 109 cm³/mol. The number of nitrogens with zero attached hydrogens (tertiary/aromatic N) is 5. The molecule has 150 valence electrons. The van der Waals surface area contributed by atoms with Crippen molar-refractivity contribution in [3.63, 3.8) is 0 Å². The van der Waals surface area contributed by atoms with Gasteiger partial charge in [0.2, 0.25) is 0 Å². The molecule has 1 amide bonds. The lowest BCUT2D eigenvalue weighted by molar-refractivity contribution is 0.0692. The Kier molecular flexibility index (Phi) is 3.68. The molecule has 2 fully saturated rings. The molecule has 1 N–H and O–H groups in total. The van der Waals surface area contributed by atoms with Gasteiger partial charge in [0, 0.05) is 12.1 Å². The number of carbonyl (C=O) groups is 1. The van der Waals surface area contributed by atoms with Crippen LogP contribution in [-0.2, 0) is 0 Å². The number of nitrogens with one attached hydrogen (secondary N) is 1. The number of likely N-dealkylation sites (tertiary alicyclic amines) is 1. The number of para-hydroxylation sites is 1. The van der Waals surface area contributed by atoms with Crippen LogP contribution in [0.3, 0.4) is 0 Å². The molecule has 1 aliphatic carbocycles. The van der Waals surface area contributed by atoms with Gasteiger partial charge in [-0.05, 0) is 43.0 Å². The maximum Gasteiger partial charge on any atom is 0.256 e. The number of ether oxygens (including phenoxy) is 1. The first-order valence-electron chi connectivity index (χ1n) is 10.0. The number of H-pyrrole nitrogens is 1. The fourth-order valence-corrected chi connectivity index (χ4v) is 4.59. The highest BCUT2D eigenvalue weighted by atomic mass is 16.5. The van der Waals surface area contributed by atoms with Crippen LogP contribution in [0.15, 0.2) is 54.9 Å². The minimum absolute atomic E-state index is 0.00376. The maximum absolute atomic E-state index is 13.7. The molecule has 2 aromatic heterocycles. The topological polar surface area (TPSA) is 88.9 Å². The van der Waals surface area contributed by atoms with E-state index in [9.17, 15) is 4.79 Å². The zero-order valence-electron chi connectivity index (χ0n) is 16.4. The largest absolute Gasteiger partial charge is 0.497 e. The van der Waals surface area contributed by atoms with Crippen molar-refractivity contribution in [2.24, 2.45) is 5.92 Å². The quantitative estimate of drug-likeness (QED) is 0.569. The SMILES string of the molecule is COc1ccc2nc([C@@H]3C[C@H]4C[C@H]4N3C(=O)c3ccccc3-n3nccn3)[nH]c2c1. The molecular weight excluding hydrogens is 380 g/mol. The standard InChI is InChI=1S/C22H20N6O2/c1-30-14-6-7-16-17(12-14)26-21(25-16)20-11-13-10-19(13)27(20)22(29)15-4-2-3-5-18(15)28-23-8-9-24-28/h2-9,12-13,19-20H,10-11H2,1H3,(H,25,26)/t13-,19-,20+/m1/s1. The summed E-state index contributed by atoms with van der Waals surface area (Å²) < 4.78 is 5.32. The van der Waals surface area contributed by atoms with Crippen molar-refractivity contribution in [2.45, 2.75) is 24.9 Å². The first-order chi connectivity index (χ1) is 14.7. The summed E-state index contributed by atoms with van der Waals surface area (Å²) in [6.45, 7) is 0. The number of amides is 1. The van der Waals surface area contributed by atoms with E-state index in [-0.39, 0.29) is 18.0 Å². The predicted octanol–water partition coefficient (Wildman–Crippen LogP) is 3.13. The van der Waals surface area contributed by atoms with Gasteiger partial charge in [-0.25, -0.2) is 4.98 Å². The third-order valence-electron chi connectivity index (χ3n) is 6.13. The molecule has 3 heterocycles. The average molecular weight is 400 g/mol. The molecule has 2 aliphatic rings. The zero-order chi connectivity index (χ0) is 20.2. The number of rotatable bonds is 4. The molecule has 6 rings (SSSR count). The number of aromatic amines is 1. The number of methoxy groups -OCH3 is 1. The van der Waals surface area contributed by atoms with E-state index in [1.54, 1.807) is 19.5 Å². The molecule has 8 nitrogen and oxygen atoms in total. The molecule has 1 saturated carbocycles. The Hall–Kier alpha value is -3.68. The highest BCUT2D eigenvalue weighted by Crippen LogP contribution is 2.53. The Balaban J connectivity index is 1.39. The number of piperidine rings is 1. The smallest absolute Gasteiger partial charge is 0.256 e. The van der Waals surface area contributed by atoms with Crippen LogP contribution >= 0.6 is 0 Å². The van der Waals surface area contributed by atoms with E-state index in [2.05, 4.69) is 15.2 Å². The van der Waals surface area contributed by atoms with Crippen molar-refractivity contribution in [2.75, 3.05) is 7.11 Å². The number of hydrogen-bond donors (Lipinski definition) is 1. The second-order valence-electron chi connectivity index (χ2n) is 7.87. The summed E-state index contributed by atoms with van der Waals surface area (Å²) in [5.41, 5.74) is 3.08. The van der Waals surface area contributed by atoms with Crippen LogP contribution in [0.2, 0.25) is 0 Å². The molecule has 2 aromatic carbocycles. The summed E-state index contributed by atoms with van der Waals surface area (Å²) in [6, 6.07) is 13.5. The van der Waals surface area contributed by atoms with Gasteiger partial charge in [0.15, 0.2) is 0 Å². The van der Waals surface area contributed by atoms with Gasteiger partial charge in [0.1, 0.15) is 11.6 Å². The first-order valence-corrected chi connectivity index (χ1v) is 10.0. The van der Waals surface area contributed by atoms with Crippen LogP contribution < -0.4 is 4.74 Å². The lowest BCUT2D eigenvalue weighted by Gasteiger charge is -2.27. The zero-order valence-corrected chi connectivity index (χ0v) is 16.4. The molecule has 1 aliphatic heterocycles. The Morgan fingerprint density at radius 2 is 1.97 bits per heavy atom. The molecule has 8 heteroatoms. The summed E-state index contributed by atoms with van der Waals surface area (Å²) in [7, 11) is 1.65. The van der Waals surface area contributed by atoms with Gasteiger partial charge in [0.25, 0.3) is 5.91 Å². The number of benzene rings is 2. The lowest BCUT2D eigenvalue weighted by atomic mass is 10.1. The van der Waals surface area contributed by atoms with Crippen LogP contribution in [0.4, 0.5) is 0 Å². The summed E-state index contributed by atoms with van der Waals surface area (Å²) >= 11 is 0. The van der Waals surface area contributed by atoms with Gasteiger partial charge in [0.05, 0.1) is 47.8 Å². The van der Waals surface area contributed by atoms with E-state index in [0.29, 0.717) is 17.2 Å². The summed E-state index contributed by atoms with van der Waals surface area (Å²) in [4.78, 5) is 25.4. The highest BCUT2D eigenvalue weighted by Gasteiger charge is 2.55. The monoisotopic (exact) mass is 400 g/mol. The molecule has 3 atom stereocenters. The van der Waals surface area contributed by atoms with Crippen molar-refractivity contribution >= 4 is 16.9 Å².